The zero-order chi connectivity index (χ0) is 12.1. The minimum Gasteiger partial charge on any atom is -0.330 e. The van der Waals surface area contributed by atoms with Gasteiger partial charge in [0.05, 0.1) is 0 Å². The zero-order valence-corrected chi connectivity index (χ0v) is 12.2. The highest BCUT2D eigenvalue weighted by Crippen LogP contribution is 2.03. The summed E-state index contributed by atoms with van der Waals surface area (Å²) in [6.45, 7) is 4.47. The van der Waals surface area contributed by atoms with Crippen LogP contribution in [0.5, 0.6) is 0 Å². The quantitative estimate of drug-likeness (QED) is 0.373. The molecular formula is C12H28N2S2. The molecule has 4 heteroatoms. The molecule has 0 fully saturated rings. The lowest BCUT2D eigenvalue weighted by atomic mass is 10.2. The Labute approximate surface area is 112 Å². The van der Waals surface area contributed by atoms with Gasteiger partial charge in [-0.3, -0.25) is 0 Å². The fourth-order valence-electron chi connectivity index (χ4n) is 1.71. The molecule has 0 radical (unpaired) electrons. The van der Waals surface area contributed by atoms with Crippen LogP contribution >= 0.6 is 25.3 Å². The van der Waals surface area contributed by atoms with Gasteiger partial charge in [0.1, 0.15) is 0 Å². The Kier molecular flexibility index (Phi) is 14.2. The molecule has 0 unspecified atom stereocenters. The summed E-state index contributed by atoms with van der Waals surface area (Å²) in [5, 5.41) is 0. The van der Waals surface area contributed by atoms with Crippen LogP contribution in [0.1, 0.15) is 38.5 Å². The molecule has 0 aliphatic carbocycles. The number of hydrogen-bond donors (Lipinski definition) is 3. The van der Waals surface area contributed by atoms with E-state index in [1.807, 2.05) is 0 Å². The Balaban J connectivity index is 3.58. The molecule has 98 valence electrons. The van der Waals surface area contributed by atoms with E-state index in [0.29, 0.717) is 0 Å². The van der Waals surface area contributed by atoms with Crippen LogP contribution in [-0.4, -0.2) is 42.6 Å². The summed E-state index contributed by atoms with van der Waals surface area (Å²) in [5.74, 6) is 2.01. The molecular weight excluding hydrogens is 236 g/mol. The van der Waals surface area contributed by atoms with E-state index in [4.69, 9.17) is 5.73 Å². The second kappa shape index (κ2) is 13.7. The Bertz CT molecular complexity index is 110. The maximum Gasteiger partial charge on any atom is -0.00183 e. The van der Waals surface area contributed by atoms with E-state index in [-0.39, 0.29) is 0 Å². The van der Waals surface area contributed by atoms with E-state index in [9.17, 15) is 0 Å². The van der Waals surface area contributed by atoms with Crippen LogP contribution in [0.15, 0.2) is 0 Å². The molecule has 0 rings (SSSR count). The molecule has 0 aliphatic heterocycles. The van der Waals surface area contributed by atoms with Crippen LogP contribution < -0.4 is 5.73 Å². The van der Waals surface area contributed by atoms with Crippen molar-refractivity contribution in [3.8, 4) is 0 Å². The molecule has 0 aromatic carbocycles. The number of rotatable bonds is 12. The molecule has 0 saturated heterocycles. The van der Waals surface area contributed by atoms with Crippen LogP contribution in [0, 0.1) is 0 Å². The number of unbranched alkanes of at least 4 members (excludes halogenated alkanes) is 3. The monoisotopic (exact) mass is 264 g/mol. The van der Waals surface area contributed by atoms with E-state index in [1.165, 1.54) is 51.7 Å². The highest BCUT2D eigenvalue weighted by molar-refractivity contribution is 7.80. The van der Waals surface area contributed by atoms with Gasteiger partial charge in [0, 0.05) is 0 Å². The summed E-state index contributed by atoms with van der Waals surface area (Å²) in [6, 6.07) is 0. The summed E-state index contributed by atoms with van der Waals surface area (Å²) in [4.78, 5) is 2.57. The predicted molar refractivity (Wildman–Crippen MR) is 80.9 cm³/mol. The summed E-state index contributed by atoms with van der Waals surface area (Å²) < 4.78 is 0. The van der Waals surface area contributed by atoms with Gasteiger partial charge in [-0.15, -0.1) is 0 Å². The minimum atomic E-state index is 0.821. The smallest absolute Gasteiger partial charge is 0.00183 e. The number of nitrogens with zero attached hydrogens (tertiary/aromatic N) is 1. The van der Waals surface area contributed by atoms with Gasteiger partial charge in [-0.05, 0) is 76.2 Å². The molecule has 0 bridgehead atoms. The van der Waals surface area contributed by atoms with E-state index < -0.39 is 0 Å². The molecule has 0 heterocycles. The third-order valence-corrected chi connectivity index (χ3v) is 3.33. The summed E-state index contributed by atoms with van der Waals surface area (Å²) >= 11 is 8.50. The van der Waals surface area contributed by atoms with Crippen molar-refractivity contribution in [3.05, 3.63) is 0 Å². The molecule has 0 spiro atoms. The van der Waals surface area contributed by atoms with Gasteiger partial charge in [-0.1, -0.05) is 0 Å². The van der Waals surface area contributed by atoms with Crippen LogP contribution in [0.4, 0.5) is 0 Å². The summed E-state index contributed by atoms with van der Waals surface area (Å²) in [6.07, 6.45) is 7.38. The third-order valence-electron chi connectivity index (χ3n) is 2.69. The van der Waals surface area contributed by atoms with Gasteiger partial charge in [0.25, 0.3) is 0 Å². The van der Waals surface area contributed by atoms with Gasteiger partial charge >= 0.3 is 0 Å². The van der Waals surface area contributed by atoms with Gasteiger partial charge < -0.3 is 10.6 Å². The maximum atomic E-state index is 5.52. The molecule has 0 saturated carbocycles. The lowest BCUT2D eigenvalue weighted by Gasteiger charge is -2.22. The number of thiol groups is 2. The predicted octanol–water partition coefficient (Wildman–Crippen LogP) is 2.45. The van der Waals surface area contributed by atoms with Gasteiger partial charge in [0.15, 0.2) is 0 Å². The average molecular weight is 265 g/mol. The first-order chi connectivity index (χ1) is 7.85. The van der Waals surface area contributed by atoms with Crippen molar-refractivity contribution in [2.45, 2.75) is 38.5 Å². The highest BCUT2D eigenvalue weighted by Gasteiger charge is 2.03. The zero-order valence-electron chi connectivity index (χ0n) is 10.4. The normalized spacial score (nSPS) is 11.2. The molecule has 0 aromatic rings. The molecule has 0 aliphatic rings. The largest absolute Gasteiger partial charge is 0.330 e. The SMILES string of the molecule is NCCCCN(CCCCS)CCCCS. The first-order valence-corrected chi connectivity index (χ1v) is 7.75. The summed E-state index contributed by atoms with van der Waals surface area (Å²) in [5.41, 5.74) is 5.52. The van der Waals surface area contributed by atoms with Gasteiger partial charge in [0.2, 0.25) is 0 Å². The Morgan fingerprint density at radius 3 is 1.50 bits per heavy atom. The van der Waals surface area contributed by atoms with E-state index in [2.05, 4.69) is 30.2 Å². The molecule has 2 N–H and O–H groups in total. The van der Waals surface area contributed by atoms with E-state index in [0.717, 1.165) is 24.5 Å². The van der Waals surface area contributed by atoms with Crippen molar-refractivity contribution < 1.29 is 0 Å². The van der Waals surface area contributed by atoms with Crippen LogP contribution in [-0.2, 0) is 0 Å². The Morgan fingerprint density at radius 1 is 0.688 bits per heavy atom. The molecule has 2 nitrogen and oxygen atoms in total. The molecule has 0 aromatic heterocycles. The lowest BCUT2D eigenvalue weighted by molar-refractivity contribution is 0.261. The first kappa shape index (κ1) is 16.6. The average Bonchev–Trinajstić information content (AvgIpc) is 2.29. The van der Waals surface area contributed by atoms with Crippen molar-refractivity contribution in [1.29, 1.82) is 0 Å². The second-order valence-corrected chi connectivity index (χ2v) is 5.09. The van der Waals surface area contributed by atoms with Crippen molar-refractivity contribution in [2.75, 3.05) is 37.7 Å². The lowest BCUT2D eigenvalue weighted by Crippen LogP contribution is -2.27. The topological polar surface area (TPSA) is 29.3 Å². The van der Waals surface area contributed by atoms with Gasteiger partial charge in [-0.2, -0.15) is 25.3 Å². The van der Waals surface area contributed by atoms with Crippen molar-refractivity contribution in [3.63, 3.8) is 0 Å². The fourth-order valence-corrected chi connectivity index (χ4v) is 2.16. The van der Waals surface area contributed by atoms with Gasteiger partial charge in [-0.25, -0.2) is 0 Å². The Morgan fingerprint density at radius 2 is 1.12 bits per heavy atom. The third kappa shape index (κ3) is 11.1. The van der Waals surface area contributed by atoms with E-state index >= 15 is 0 Å². The molecule has 0 atom stereocenters. The first-order valence-electron chi connectivity index (χ1n) is 6.49. The standard InChI is InChI=1S/C12H28N2S2/c13-7-1-2-8-14(9-3-5-11-15)10-4-6-12-16/h15-16H,1-13H2. The van der Waals surface area contributed by atoms with Crippen molar-refractivity contribution >= 4 is 25.3 Å². The van der Waals surface area contributed by atoms with Crippen molar-refractivity contribution in [1.82, 2.24) is 4.90 Å². The highest BCUT2D eigenvalue weighted by atomic mass is 32.1. The van der Waals surface area contributed by atoms with Crippen LogP contribution in [0.3, 0.4) is 0 Å². The summed E-state index contributed by atoms with van der Waals surface area (Å²) in [7, 11) is 0. The second-order valence-electron chi connectivity index (χ2n) is 4.20. The minimum absolute atomic E-state index is 0.821. The van der Waals surface area contributed by atoms with Crippen LogP contribution in [0.25, 0.3) is 0 Å². The number of nitrogens with two attached hydrogens (primary N) is 1. The fraction of sp³-hybridized carbons (Fsp3) is 1.00. The molecule has 16 heavy (non-hydrogen) atoms. The number of hydrogen-bond acceptors (Lipinski definition) is 4. The van der Waals surface area contributed by atoms with Crippen LogP contribution in [0.2, 0.25) is 0 Å². The maximum absolute atomic E-state index is 5.52. The van der Waals surface area contributed by atoms with E-state index in [1.54, 1.807) is 0 Å². The molecule has 0 amide bonds. The van der Waals surface area contributed by atoms with Crippen molar-refractivity contribution in [2.24, 2.45) is 5.73 Å². The Hall–Kier alpha value is 0.620.